The Morgan fingerprint density at radius 3 is 2.00 bits per heavy atom. The van der Waals surface area contributed by atoms with E-state index in [2.05, 4.69) is 13.8 Å². The predicted octanol–water partition coefficient (Wildman–Crippen LogP) is 3.65. The molecule has 0 saturated carbocycles. The second-order valence-corrected chi connectivity index (χ2v) is 7.91. The number of benzene rings is 2. The Morgan fingerprint density at radius 1 is 0.848 bits per heavy atom. The summed E-state index contributed by atoms with van der Waals surface area (Å²) >= 11 is 0. The van der Waals surface area contributed by atoms with Gasteiger partial charge in [-0.1, -0.05) is 38.8 Å². The van der Waals surface area contributed by atoms with Crippen molar-refractivity contribution in [3.63, 3.8) is 0 Å². The number of hydrogen-bond donors (Lipinski definition) is 3. The number of carboxylic acid groups (broad SMARTS) is 1. The minimum atomic E-state index is -1.15. The predicted molar refractivity (Wildman–Crippen MR) is 125 cm³/mol. The summed E-state index contributed by atoms with van der Waals surface area (Å²) < 4.78 is 22.0. The summed E-state index contributed by atoms with van der Waals surface area (Å²) in [6.07, 6.45) is 2.22. The fourth-order valence-electron chi connectivity index (χ4n) is 3.12. The maximum atomic E-state index is 12.0. The van der Waals surface area contributed by atoms with E-state index in [1.807, 2.05) is 0 Å². The molecular weight excluding hydrogens is 428 g/mol. The molecule has 2 atom stereocenters. The smallest absolute Gasteiger partial charge is 0.340 e. The van der Waals surface area contributed by atoms with Crippen LogP contribution in [0.15, 0.2) is 30.3 Å². The number of carboxylic acids is 1. The minimum absolute atomic E-state index is 0.0134. The molecule has 0 heterocycles. The summed E-state index contributed by atoms with van der Waals surface area (Å²) in [7, 11) is 0. The van der Waals surface area contributed by atoms with Gasteiger partial charge in [0.2, 0.25) is 0 Å². The number of unbranched alkanes of at least 4 members (excludes halogenated alkanes) is 2. The lowest BCUT2D eigenvalue weighted by Gasteiger charge is -2.16. The molecule has 0 amide bonds. The molecule has 2 rings (SSSR count). The van der Waals surface area contributed by atoms with Gasteiger partial charge in [0.25, 0.3) is 0 Å². The standard InChI is InChI=1S/C25H36O8/c1-3-5-11-30-14-19(26)16-32-21-9-7-18-8-10-23(24(25(28)29)22(18)13-21)33-17-20(27)15-31-12-6-4-2/h7-10,13,19-20,26-27H,3-6,11-12,14-17H2,1-2H3,(H,28,29). The van der Waals surface area contributed by atoms with E-state index in [1.54, 1.807) is 30.3 Å². The van der Waals surface area contributed by atoms with Gasteiger partial charge >= 0.3 is 5.97 Å². The molecule has 33 heavy (non-hydrogen) atoms. The van der Waals surface area contributed by atoms with Gasteiger partial charge in [-0.15, -0.1) is 0 Å². The van der Waals surface area contributed by atoms with Crippen LogP contribution in [0.4, 0.5) is 0 Å². The topological polar surface area (TPSA) is 115 Å². The molecule has 2 aromatic rings. The molecule has 0 aliphatic carbocycles. The highest BCUT2D eigenvalue weighted by atomic mass is 16.5. The molecule has 3 N–H and O–H groups in total. The van der Waals surface area contributed by atoms with E-state index in [1.165, 1.54) is 0 Å². The van der Waals surface area contributed by atoms with E-state index < -0.39 is 18.2 Å². The van der Waals surface area contributed by atoms with Gasteiger partial charge in [0.1, 0.15) is 42.5 Å². The number of aliphatic hydroxyl groups excluding tert-OH is 2. The van der Waals surface area contributed by atoms with Crippen LogP contribution in [-0.2, 0) is 9.47 Å². The molecule has 0 aromatic heterocycles. The van der Waals surface area contributed by atoms with Gasteiger partial charge in [0.05, 0.1) is 13.2 Å². The number of hydrogen-bond acceptors (Lipinski definition) is 7. The molecule has 0 fully saturated rings. The van der Waals surface area contributed by atoms with E-state index in [0.29, 0.717) is 29.7 Å². The number of rotatable bonds is 17. The van der Waals surface area contributed by atoms with Crippen molar-refractivity contribution in [3.8, 4) is 11.5 Å². The number of aromatic carboxylic acids is 1. The van der Waals surface area contributed by atoms with Crippen LogP contribution < -0.4 is 9.47 Å². The zero-order chi connectivity index (χ0) is 24.1. The fraction of sp³-hybridized carbons (Fsp3) is 0.560. The normalized spacial score (nSPS) is 13.1. The van der Waals surface area contributed by atoms with E-state index in [9.17, 15) is 20.1 Å². The Hall–Kier alpha value is -2.39. The molecule has 0 aliphatic heterocycles. The molecule has 2 aromatic carbocycles. The number of carbonyl (C=O) groups is 1. The van der Waals surface area contributed by atoms with Crippen molar-refractivity contribution in [3.05, 3.63) is 35.9 Å². The maximum absolute atomic E-state index is 12.0. The van der Waals surface area contributed by atoms with Gasteiger partial charge in [0, 0.05) is 18.6 Å². The molecule has 8 heteroatoms. The summed E-state index contributed by atoms with van der Waals surface area (Å²) in [4.78, 5) is 12.0. The Kier molecular flexibility index (Phi) is 12.0. The molecule has 0 spiro atoms. The van der Waals surface area contributed by atoms with E-state index in [4.69, 9.17) is 18.9 Å². The highest BCUT2D eigenvalue weighted by molar-refractivity contribution is 6.06. The number of fused-ring (bicyclic) bond motifs is 1. The summed E-state index contributed by atoms with van der Waals surface area (Å²) in [6.45, 7) is 5.52. The molecule has 0 saturated heterocycles. The second-order valence-electron chi connectivity index (χ2n) is 7.91. The van der Waals surface area contributed by atoms with Crippen LogP contribution in [0.1, 0.15) is 49.9 Å². The van der Waals surface area contributed by atoms with Crippen molar-refractivity contribution in [2.24, 2.45) is 0 Å². The van der Waals surface area contributed by atoms with Gasteiger partial charge in [-0.3, -0.25) is 0 Å². The monoisotopic (exact) mass is 464 g/mol. The summed E-state index contributed by atoms with van der Waals surface area (Å²) in [5, 5.41) is 31.1. The van der Waals surface area contributed by atoms with Crippen molar-refractivity contribution in [2.45, 2.75) is 51.7 Å². The lowest BCUT2D eigenvalue weighted by atomic mass is 10.0. The Bertz CT molecular complexity index is 848. The van der Waals surface area contributed by atoms with Crippen LogP contribution in [0.2, 0.25) is 0 Å². The molecule has 0 bridgehead atoms. The largest absolute Gasteiger partial charge is 0.491 e. The number of ether oxygens (including phenoxy) is 4. The fourth-order valence-corrected chi connectivity index (χ4v) is 3.12. The van der Waals surface area contributed by atoms with Crippen LogP contribution in [-0.4, -0.2) is 73.1 Å². The van der Waals surface area contributed by atoms with Crippen molar-refractivity contribution in [2.75, 3.05) is 39.6 Å². The first-order chi connectivity index (χ1) is 16.0. The summed E-state index contributed by atoms with van der Waals surface area (Å²) in [5.41, 5.74) is -0.0134. The third kappa shape index (κ3) is 9.17. The highest BCUT2D eigenvalue weighted by Crippen LogP contribution is 2.31. The summed E-state index contributed by atoms with van der Waals surface area (Å²) in [6, 6.07) is 8.41. The average Bonchev–Trinajstić information content (AvgIpc) is 2.81. The molecule has 0 radical (unpaired) electrons. The lowest BCUT2D eigenvalue weighted by Crippen LogP contribution is -2.24. The molecule has 184 valence electrons. The highest BCUT2D eigenvalue weighted by Gasteiger charge is 2.18. The Labute approximate surface area is 195 Å². The second kappa shape index (κ2) is 14.7. The van der Waals surface area contributed by atoms with Crippen LogP contribution >= 0.6 is 0 Å². The molecule has 2 unspecified atom stereocenters. The van der Waals surface area contributed by atoms with Crippen LogP contribution in [0.5, 0.6) is 11.5 Å². The SMILES string of the molecule is CCCCOCC(O)COc1ccc2ccc(OCC(O)COCCCC)c(C(=O)O)c2c1. The first-order valence-electron chi connectivity index (χ1n) is 11.5. The van der Waals surface area contributed by atoms with Crippen LogP contribution in [0.25, 0.3) is 10.8 Å². The van der Waals surface area contributed by atoms with E-state index in [0.717, 1.165) is 25.7 Å². The van der Waals surface area contributed by atoms with E-state index >= 15 is 0 Å². The van der Waals surface area contributed by atoms with Crippen molar-refractivity contribution >= 4 is 16.7 Å². The Balaban J connectivity index is 2.04. The van der Waals surface area contributed by atoms with Gasteiger partial charge < -0.3 is 34.3 Å². The molecular formula is C25H36O8. The van der Waals surface area contributed by atoms with E-state index in [-0.39, 0.29) is 37.7 Å². The molecule has 0 aliphatic rings. The van der Waals surface area contributed by atoms with Crippen LogP contribution in [0, 0.1) is 0 Å². The summed E-state index contributed by atoms with van der Waals surface area (Å²) in [5.74, 6) is -0.561. The van der Waals surface area contributed by atoms with Crippen molar-refractivity contribution in [1.82, 2.24) is 0 Å². The third-order valence-corrected chi connectivity index (χ3v) is 4.95. The average molecular weight is 465 g/mol. The maximum Gasteiger partial charge on any atom is 0.340 e. The minimum Gasteiger partial charge on any atom is -0.491 e. The van der Waals surface area contributed by atoms with Gasteiger partial charge in [0.15, 0.2) is 0 Å². The molecule has 8 nitrogen and oxygen atoms in total. The third-order valence-electron chi connectivity index (χ3n) is 4.95. The zero-order valence-electron chi connectivity index (χ0n) is 19.5. The van der Waals surface area contributed by atoms with Crippen molar-refractivity contribution in [1.29, 1.82) is 0 Å². The van der Waals surface area contributed by atoms with Gasteiger partial charge in [-0.2, -0.15) is 0 Å². The van der Waals surface area contributed by atoms with Gasteiger partial charge in [-0.25, -0.2) is 4.79 Å². The number of aliphatic hydroxyl groups is 2. The quantitative estimate of drug-likeness (QED) is 0.304. The first kappa shape index (κ1) is 26.9. The van der Waals surface area contributed by atoms with Gasteiger partial charge in [-0.05, 0) is 36.4 Å². The Morgan fingerprint density at radius 2 is 1.42 bits per heavy atom. The van der Waals surface area contributed by atoms with Crippen LogP contribution in [0.3, 0.4) is 0 Å². The first-order valence-corrected chi connectivity index (χ1v) is 11.5. The van der Waals surface area contributed by atoms with Crippen molar-refractivity contribution < 1.29 is 39.1 Å². The lowest BCUT2D eigenvalue weighted by molar-refractivity contribution is 0.0110. The zero-order valence-corrected chi connectivity index (χ0v) is 19.5.